The largest absolute Gasteiger partial charge is 0.489 e. The Bertz CT molecular complexity index is 925. The number of fused-ring (bicyclic) bond motifs is 1. The second-order valence-electron chi connectivity index (χ2n) is 5.79. The summed E-state index contributed by atoms with van der Waals surface area (Å²) in [4.78, 5) is 11.9. The summed E-state index contributed by atoms with van der Waals surface area (Å²) in [6, 6.07) is 25.2. The highest BCUT2D eigenvalue weighted by atomic mass is 16.5. The highest BCUT2D eigenvalue weighted by molar-refractivity contribution is 6.05. The quantitative estimate of drug-likeness (QED) is 0.637. The molecule has 4 rings (SSSR count). The van der Waals surface area contributed by atoms with Gasteiger partial charge in [0.2, 0.25) is 0 Å². The lowest BCUT2D eigenvalue weighted by molar-refractivity contribution is 0.0717. The maximum absolute atomic E-state index is 11.9. The molecule has 0 N–H and O–H groups in total. The average Bonchev–Trinajstić information content (AvgIpc) is 2.98. The molecule has 122 valence electrons. The molecule has 0 bridgehead atoms. The van der Waals surface area contributed by atoms with E-state index in [4.69, 9.17) is 9.47 Å². The first kappa shape index (κ1) is 15.2. The van der Waals surface area contributed by atoms with E-state index in [2.05, 4.69) is 0 Å². The van der Waals surface area contributed by atoms with Crippen LogP contribution in [0, 0.1) is 0 Å². The zero-order valence-electron chi connectivity index (χ0n) is 13.5. The molecule has 0 aromatic heterocycles. The summed E-state index contributed by atoms with van der Waals surface area (Å²) in [5.74, 6) is 1.08. The van der Waals surface area contributed by atoms with Crippen molar-refractivity contribution in [3.8, 4) is 5.75 Å². The normalized spacial score (nSPS) is 14.2. The topological polar surface area (TPSA) is 35.5 Å². The number of cyclic esters (lactones) is 1. The van der Waals surface area contributed by atoms with Crippen LogP contribution in [0.15, 0.2) is 78.9 Å². The van der Waals surface area contributed by atoms with E-state index in [1.54, 1.807) is 6.07 Å². The van der Waals surface area contributed by atoms with E-state index in [0.717, 1.165) is 22.4 Å². The molecule has 0 unspecified atom stereocenters. The molecule has 0 aliphatic carbocycles. The standard InChI is InChI=1S/C22H16O3/c23-22-20-9-5-4-8-19(20)21(25-22)14-16-10-12-18(13-11-16)24-15-17-6-2-1-3-7-17/h1-14H,15H2/b21-14-. The number of ether oxygens (including phenoxy) is 2. The fraction of sp³-hybridized carbons (Fsp3) is 0.0455. The number of rotatable bonds is 4. The van der Waals surface area contributed by atoms with Crippen LogP contribution in [0.1, 0.15) is 27.0 Å². The number of hydrogen-bond acceptors (Lipinski definition) is 3. The summed E-state index contributed by atoms with van der Waals surface area (Å²) in [6.07, 6.45) is 1.87. The van der Waals surface area contributed by atoms with Crippen LogP contribution in [0.2, 0.25) is 0 Å². The second-order valence-corrected chi connectivity index (χ2v) is 5.79. The van der Waals surface area contributed by atoms with Crippen LogP contribution in [0.25, 0.3) is 11.8 Å². The summed E-state index contributed by atoms with van der Waals surface area (Å²) in [7, 11) is 0. The van der Waals surface area contributed by atoms with Crippen LogP contribution in [0.5, 0.6) is 5.75 Å². The fourth-order valence-electron chi connectivity index (χ4n) is 2.75. The summed E-state index contributed by atoms with van der Waals surface area (Å²) >= 11 is 0. The van der Waals surface area contributed by atoms with Crippen molar-refractivity contribution in [3.63, 3.8) is 0 Å². The maximum atomic E-state index is 11.9. The van der Waals surface area contributed by atoms with Gasteiger partial charge in [-0.05, 0) is 35.4 Å². The van der Waals surface area contributed by atoms with Gasteiger partial charge < -0.3 is 9.47 Å². The van der Waals surface area contributed by atoms with Gasteiger partial charge in [-0.15, -0.1) is 0 Å². The summed E-state index contributed by atoms with van der Waals surface area (Å²) in [6.45, 7) is 0.534. The van der Waals surface area contributed by atoms with E-state index in [9.17, 15) is 4.79 Å². The van der Waals surface area contributed by atoms with Gasteiger partial charge in [-0.3, -0.25) is 0 Å². The predicted octanol–water partition coefficient (Wildman–Crippen LogP) is 4.93. The average molecular weight is 328 g/mol. The predicted molar refractivity (Wildman–Crippen MR) is 96.9 cm³/mol. The molecule has 0 atom stereocenters. The molecular formula is C22H16O3. The third kappa shape index (κ3) is 3.31. The molecule has 0 radical (unpaired) electrons. The Balaban J connectivity index is 1.49. The van der Waals surface area contributed by atoms with Gasteiger partial charge in [-0.2, -0.15) is 0 Å². The Labute approximate surface area is 146 Å². The van der Waals surface area contributed by atoms with Crippen molar-refractivity contribution in [2.75, 3.05) is 0 Å². The first-order valence-electron chi connectivity index (χ1n) is 8.10. The van der Waals surface area contributed by atoms with Gasteiger partial charge in [0.1, 0.15) is 18.1 Å². The zero-order chi connectivity index (χ0) is 17.1. The summed E-state index contributed by atoms with van der Waals surface area (Å²) in [5.41, 5.74) is 3.52. The molecule has 1 aliphatic rings. The van der Waals surface area contributed by atoms with E-state index in [1.807, 2.05) is 78.9 Å². The molecular weight excluding hydrogens is 312 g/mol. The Morgan fingerprint density at radius 3 is 2.24 bits per heavy atom. The summed E-state index contributed by atoms with van der Waals surface area (Å²) < 4.78 is 11.1. The Kier molecular flexibility index (Phi) is 4.05. The van der Waals surface area contributed by atoms with E-state index in [-0.39, 0.29) is 5.97 Å². The minimum atomic E-state index is -0.301. The molecule has 0 saturated heterocycles. The SMILES string of the molecule is O=C1O/C(=C\c2ccc(OCc3ccccc3)cc2)c2ccccc21. The summed E-state index contributed by atoms with van der Waals surface area (Å²) in [5, 5.41) is 0. The third-order valence-electron chi connectivity index (χ3n) is 4.04. The van der Waals surface area contributed by atoms with Crippen molar-refractivity contribution in [1.82, 2.24) is 0 Å². The lowest BCUT2D eigenvalue weighted by Crippen LogP contribution is -1.94. The fourth-order valence-corrected chi connectivity index (χ4v) is 2.75. The minimum Gasteiger partial charge on any atom is -0.489 e. The van der Waals surface area contributed by atoms with E-state index in [0.29, 0.717) is 17.9 Å². The van der Waals surface area contributed by atoms with Crippen molar-refractivity contribution in [2.24, 2.45) is 0 Å². The number of hydrogen-bond donors (Lipinski definition) is 0. The molecule has 1 aliphatic heterocycles. The van der Waals surface area contributed by atoms with Crippen molar-refractivity contribution < 1.29 is 14.3 Å². The molecule has 3 heteroatoms. The van der Waals surface area contributed by atoms with E-state index >= 15 is 0 Å². The molecule has 0 saturated carbocycles. The number of carbonyl (C=O) groups excluding carboxylic acids is 1. The number of benzene rings is 3. The molecule has 0 amide bonds. The van der Waals surface area contributed by atoms with Gasteiger partial charge >= 0.3 is 5.97 Å². The number of carbonyl (C=O) groups is 1. The van der Waals surface area contributed by atoms with E-state index in [1.165, 1.54) is 0 Å². The molecule has 25 heavy (non-hydrogen) atoms. The van der Waals surface area contributed by atoms with Gasteiger partial charge in [0.05, 0.1) is 5.56 Å². The van der Waals surface area contributed by atoms with Gasteiger partial charge in [0.15, 0.2) is 0 Å². The van der Waals surface area contributed by atoms with Crippen molar-refractivity contribution in [2.45, 2.75) is 6.61 Å². The molecule has 0 spiro atoms. The van der Waals surface area contributed by atoms with Gasteiger partial charge in [-0.1, -0.05) is 60.7 Å². The maximum Gasteiger partial charge on any atom is 0.344 e. The molecule has 0 fully saturated rings. The molecule has 3 aromatic carbocycles. The molecule has 1 heterocycles. The Morgan fingerprint density at radius 2 is 1.48 bits per heavy atom. The minimum absolute atomic E-state index is 0.301. The van der Waals surface area contributed by atoms with Gasteiger partial charge in [-0.25, -0.2) is 4.79 Å². The Hall–Kier alpha value is -3.33. The van der Waals surface area contributed by atoms with Crippen molar-refractivity contribution in [1.29, 1.82) is 0 Å². The van der Waals surface area contributed by atoms with Crippen LogP contribution in [-0.2, 0) is 11.3 Å². The first-order chi connectivity index (χ1) is 12.3. The van der Waals surface area contributed by atoms with Crippen LogP contribution in [0.3, 0.4) is 0 Å². The van der Waals surface area contributed by atoms with Gasteiger partial charge in [0.25, 0.3) is 0 Å². The molecule has 3 nitrogen and oxygen atoms in total. The zero-order valence-corrected chi connectivity index (χ0v) is 13.5. The lowest BCUT2D eigenvalue weighted by Gasteiger charge is -2.06. The number of esters is 1. The van der Waals surface area contributed by atoms with Crippen LogP contribution >= 0.6 is 0 Å². The highest BCUT2D eigenvalue weighted by Gasteiger charge is 2.25. The van der Waals surface area contributed by atoms with Crippen LogP contribution in [-0.4, -0.2) is 5.97 Å². The lowest BCUT2D eigenvalue weighted by atomic mass is 10.1. The second kappa shape index (κ2) is 6.65. The van der Waals surface area contributed by atoms with Crippen LogP contribution in [0.4, 0.5) is 0 Å². The van der Waals surface area contributed by atoms with E-state index < -0.39 is 0 Å². The van der Waals surface area contributed by atoms with Crippen molar-refractivity contribution in [3.05, 3.63) is 101 Å². The smallest absolute Gasteiger partial charge is 0.344 e. The third-order valence-corrected chi connectivity index (χ3v) is 4.04. The first-order valence-corrected chi connectivity index (χ1v) is 8.10. The van der Waals surface area contributed by atoms with Gasteiger partial charge in [0, 0.05) is 5.56 Å². The molecule has 3 aromatic rings. The van der Waals surface area contributed by atoms with Crippen LogP contribution < -0.4 is 4.74 Å². The van der Waals surface area contributed by atoms with Crippen molar-refractivity contribution >= 4 is 17.8 Å². The Morgan fingerprint density at radius 1 is 0.800 bits per heavy atom. The highest BCUT2D eigenvalue weighted by Crippen LogP contribution is 2.31. The monoisotopic (exact) mass is 328 g/mol.